The second kappa shape index (κ2) is 4.45. The summed E-state index contributed by atoms with van der Waals surface area (Å²) in [6.45, 7) is 3.31. The van der Waals surface area contributed by atoms with E-state index in [1.54, 1.807) is 12.3 Å². The summed E-state index contributed by atoms with van der Waals surface area (Å²) in [5, 5.41) is 0. The first-order valence-electron chi connectivity index (χ1n) is 5.31. The quantitative estimate of drug-likeness (QED) is 0.739. The molecule has 2 nitrogen and oxygen atoms in total. The standard InChI is InChI=1S/C14H12FNO/c1-9-3-4-11(8-16-9)13-5-12(10(2)17)6-14(15)7-13/h3-8H,1-2H3. The molecule has 0 unspecified atom stereocenters. The van der Waals surface area contributed by atoms with E-state index >= 15 is 0 Å². The average Bonchev–Trinajstić information content (AvgIpc) is 2.29. The maximum Gasteiger partial charge on any atom is 0.159 e. The largest absolute Gasteiger partial charge is 0.295 e. The van der Waals surface area contributed by atoms with Gasteiger partial charge in [0.2, 0.25) is 0 Å². The first-order chi connectivity index (χ1) is 8.06. The molecule has 0 radical (unpaired) electrons. The van der Waals surface area contributed by atoms with E-state index in [1.807, 2.05) is 19.1 Å². The van der Waals surface area contributed by atoms with E-state index in [9.17, 15) is 9.18 Å². The molecule has 1 aromatic heterocycles. The van der Waals surface area contributed by atoms with E-state index in [-0.39, 0.29) is 5.78 Å². The molecule has 0 saturated heterocycles. The minimum atomic E-state index is -0.409. The lowest BCUT2D eigenvalue weighted by Gasteiger charge is -2.04. The van der Waals surface area contributed by atoms with E-state index in [2.05, 4.69) is 4.98 Å². The molecule has 2 rings (SSSR count). The Morgan fingerprint density at radius 1 is 1.18 bits per heavy atom. The average molecular weight is 229 g/mol. The highest BCUT2D eigenvalue weighted by Crippen LogP contribution is 2.21. The van der Waals surface area contributed by atoms with Gasteiger partial charge >= 0.3 is 0 Å². The fourth-order valence-corrected chi connectivity index (χ4v) is 1.60. The summed E-state index contributed by atoms with van der Waals surface area (Å²) in [7, 11) is 0. The van der Waals surface area contributed by atoms with Gasteiger partial charge in [0.15, 0.2) is 5.78 Å². The molecule has 0 aliphatic heterocycles. The second-order valence-electron chi connectivity index (χ2n) is 3.97. The Bertz CT molecular complexity index is 561. The van der Waals surface area contributed by atoms with Crippen molar-refractivity contribution in [2.24, 2.45) is 0 Å². The fraction of sp³-hybridized carbons (Fsp3) is 0.143. The van der Waals surface area contributed by atoms with Gasteiger partial charge in [0, 0.05) is 23.0 Å². The molecule has 0 saturated carbocycles. The summed E-state index contributed by atoms with van der Waals surface area (Å²) in [6.07, 6.45) is 1.67. The van der Waals surface area contributed by atoms with Crippen LogP contribution in [0.15, 0.2) is 36.5 Å². The lowest BCUT2D eigenvalue weighted by Crippen LogP contribution is -1.94. The third-order valence-electron chi connectivity index (χ3n) is 2.55. The third-order valence-corrected chi connectivity index (χ3v) is 2.55. The zero-order valence-corrected chi connectivity index (χ0v) is 9.70. The number of ketones is 1. The number of aryl methyl sites for hydroxylation is 1. The molecule has 2 aromatic rings. The Hall–Kier alpha value is -2.03. The van der Waals surface area contributed by atoms with E-state index in [1.165, 1.54) is 19.1 Å². The molecule has 0 aliphatic rings. The van der Waals surface area contributed by atoms with E-state index in [0.717, 1.165) is 11.3 Å². The predicted octanol–water partition coefficient (Wildman–Crippen LogP) is 3.40. The molecule has 0 fully saturated rings. The number of aromatic nitrogens is 1. The zero-order valence-electron chi connectivity index (χ0n) is 9.70. The topological polar surface area (TPSA) is 30.0 Å². The van der Waals surface area contributed by atoms with Crippen LogP contribution in [0, 0.1) is 12.7 Å². The summed E-state index contributed by atoms with van der Waals surface area (Å²) in [4.78, 5) is 15.4. The summed E-state index contributed by atoms with van der Waals surface area (Å²) in [5.74, 6) is -0.556. The lowest BCUT2D eigenvalue weighted by atomic mass is 10.0. The van der Waals surface area contributed by atoms with Crippen molar-refractivity contribution in [3.63, 3.8) is 0 Å². The van der Waals surface area contributed by atoms with Gasteiger partial charge in [-0.25, -0.2) is 4.39 Å². The highest BCUT2D eigenvalue weighted by atomic mass is 19.1. The molecular formula is C14H12FNO. The first kappa shape index (κ1) is 11.5. The van der Waals surface area contributed by atoms with E-state index in [0.29, 0.717) is 11.1 Å². The summed E-state index contributed by atoms with van der Waals surface area (Å²) in [5.41, 5.74) is 2.75. The molecule has 17 heavy (non-hydrogen) atoms. The van der Waals surface area contributed by atoms with Crippen molar-refractivity contribution in [3.8, 4) is 11.1 Å². The molecule has 0 N–H and O–H groups in total. The van der Waals surface area contributed by atoms with Gasteiger partial charge in [-0.2, -0.15) is 0 Å². The fourth-order valence-electron chi connectivity index (χ4n) is 1.60. The smallest absolute Gasteiger partial charge is 0.159 e. The third kappa shape index (κ3) is 2.56. The number of benzene rings is 1. The molecular weight excluding hydrogens is 217 g/mol. The number of nitrogens with zero attached hydrogens (tertiary/aromatic N) is 1. The van der Waals surface area contributed by atoms with Crippen LogP contribution < -0.4 is 0 Å². The Morgan fingerprint density at radius 3 is 2.53 bits per heavy atom. The molecule has 1 heterocycles. The summed E-state index contributed by atoms with van der Waals surface area (Å²) < 4.78 is 13.4. The number of carbonyl (C=O) groups excluding carboxylic acids is 1. The molecule has 0 atom stereocenters. The Balaban J connectivity index is 2.51. The molecule has 0 aliphatic carbocycles. The van der Waals surface area contributed by atoms with E-state index < -0.39 is 5.82 Å². The van der Waals surface area contributed by atoms with Crippen molar-refractivity contribution < 1.29 is 9.18 Å². The number of carbonyl (C=O) groups is 1. The Morgan fingerprint density at radius 2 is 1.94 bits per heavy atom. The van der Waals surface area contributed by atoms with Crippen molar-refractivity contribution >= 4 is 5.78 Å². The van der Waals surface area contributed by atoms with Crippen LogP contribution in [0.5, 0.6) is 0 Å². The van der Waals surface area contributed by atoms with Crippen molar-refractivity contribution in [1.82, 2.24) is 4.98 Å². The SMILES string of the molecule is CC(=O)c1cc(F)cc(-c2ccc(C)nc2)c1. The predicted molar refractivity (Wildman–Crippen MR) is 64.4 cm³/mol. The van der Waals surface area contributed by atoms with Crippen LogP contribution >= 0.6 is 0 Å². The van der Waals surface area contributed by atoms with Gasteiger partial charge in [0.05, 0.1) is 0 Å². The number of hydrogen-bond donors (Lipinski definition) is 0. The van der Waals surface area contributed by atoms with Crippen molar-refractivity contribution in [3.05, 3.63) is 53.6 Å². The van der Waals surface area contributed by atoms with Crippen molar-refractivity contribution in [1.29, 1.82) is 0 Å². The van der Waals surface area contributed by atoms with Crippen LogP contribution in [0.3, 0.4) is 0 Å². The van der Waals surface area contributed by atoms with Crippen LogP contribution in [-0.4, -0.2) is 10.8 Å². The molecule has 0 bridgehead atoms. The first-order valence-corrected chi connectivity index (χ1v) is 5.31. The second-order valence-corrected chi connectivity index (χ2v) is 3.97. The molecule has 3 heteroatoms. The van der Waals surface area contributed by atoms with Crippen LogP contribution in [-0.2, 0) is 0 Å². The van der Waals surface area contributed by atoms with Crippen LogP contribution in [0.2, 0.25) is 0 Å². The van der Waals surface area contributed by atoms with E-state index in [4.69, 9.17) is 0 Å². The maximum absolute atomic E-state index is 13.4. The highest BCUT2D eigenvalue weighted by molar-refractivity contribution is 5.95. The highest BCUT2D eigenvalue weighted by Gasteiger charge is 2.06. The van der Waals surface area contributed by atoms with Gasteiger partial charge in [-0.1, -0.05) is 6.07 Å². The molecule has 0 amide bonds. The monoisotopic (exact) mass is 229 g/mol. The minimum Gasteiger partial charge on any atom is -0.295 e. The summed E-state index contributed by atoms with van der Waals surface area (Å²) >= 11 is 0. The Kier molecular flexibility index (Phi) is 3.00. The molecule has 1 aromatic carbocycles. The van der Waals surface area contributed by atoms with Gasteiger partial charge in [0.1, 0.15) is 5.82 Å². The van der Waals surface area contributed by atoms with Crippen molar-refractivity contribution in [2.75, 3.05) is 0 Å². The number of Topliss-reactive ketones (excluding diaryl/α,β-unsaturated/α-hetero) is 1. The molecule has 86 valence electrons. The van der Waals surface area contributed by atoms with Gasteiger partial charge in [-0.05, 0) is 43.7 Å². The summed E-state index contributed by atoms with van der Waals surface area (Å²) in [6, 6.07) is 8.04. The van der Waals surface area contributed by atoms with Crippen LogP contribution in [0.25, 0.3) is 11.1 Å². The normalized spacial score (nSPS) is 10.3. The van der Waals surface area contributed by atoms with Crippen molar-refractivity contribution in [2.45, 2.75) is 13.8 Å². The lowest BCUT2D eigenvalue weighted by molar-refractivity contribution is 0.101. The van der Waals surface area contributed by atoms with Crippen LogP contribution in [0.1, 0.15) is 23.0 Å². The molecule has 0 spiro atoms. The zero-order chi connectivity index (χ0) is 12.4. The van der Waals surface area contributed by atoms with Gasteiger partial charge in [-0.15, -0.1) is 0 Å². The number of rotatable bonds is 2. The number of hydrogen-bond acceptors (Lipinski definition) is 2. The van der Waals surface area contributed by atoms with Gasteiger partial charge in [0.25, 0.3) is 0 Å². The minimum absolute atomic E-state index is 0.147. The number of pyridine rings is 1. The van der Waals surface area contributed by atoms with Gasteiger partial charge in [-0.3, -0.25) is 9.78 Å². The Labute approximate surface area is 99.1 Å². The van der Waals surface area contributed by atoms with Crippen LogP contribution in [0.4, 0.5) is 4.39 Å². The number of halogens is 1. The maximum atomic E-state index is 13.4. The van der Waals surface area contributed by atoms with Gasteiger partial charge < -0.3 is 0 Å².